The van der Waals surface area contributed by atoms with E-state index < -0.39 is 14.9 Å². The van der Waals surface area contributed by atoms with Crippen molar-refractivity contribution in [2.75, 3.05) is 23.7 Å². The van der Waals surface area contributed by atoms with Crippen molar-refractivity contribution in [2.45, 2.75) is 26.2 Å². The molecular formula is C20H24FN3O5S. The van der Waals surface area contributed by atoms with Crippen molar-refractivity contribution < 1.29 is 22.5 Å². The first-order valence-electron chi connectivity index (χ1n) is 9.32. The van der Waals surface area contributed by atoms with E-state index in [-0.39, 0.29) is 42.5 Å². The zero-order valence-electron chi connectivity index (χ0n) is 16.8. The summed E-state index contributed by atoms with van der Waals surface area (Å²) in [5, 5.41) is 13.8. The van der Waals surface area contributed by atoms with Crippen LogP contribution in [0.15, 0.2) is 42.5 Å². The SMILES string of the molecule is Cc1ccc([N+](=O)[O-])cc1N(CCCC(=O)NCCc1ccc(F)cc1)S(C)(=O)=O. The fourth-order valence-electron chi connectivity index (χ4n) is 2.91. The van der Waals surface area contributed by atoms with Crippen molar-refractivity contribution in [1.82, 2.24) is 5.32 Å². The zero-order valence-corrected chi connectivity index (χ0v) is 17.6. The third-order valence-electron chi connectivity index (χ3n) is 4.49. The van der Waals surface area contributed by atoms with Crippen LogP contribution >= 0.6 is 0 Å². The Bertz CT molecular complexity index is 1010. The Balaban J connectivity index is 1.92. The highest BCUT2D eigenvalue weighted by Gasteiger charge is 2.21. The second kappa shape index (κ2) is 10.1. The molecule has 0 aromatic heterocycles. The number of halogens is 1. The van der Waals surface area contributed by atoms with Crippen LogP contribution in [0.5, 0.6) is 0 Å². The Labute approximate surface area is 174 Å². The third-order valence-corrected chi connectivity index (χ3v) is 5.67. The standard InChI is InChI=1S/C20H24FN3O5S/c1-15-5-10-18(24(26)27)14-19(15)23(30(2,28)29)13-3-4-20(25)22-12-11-16-6-8-17(21)9-7-16/h5-10,14H,3-4,11-13H2,1-2H3,(H,22,25). The number of hydrogen-bond acceptors (Lipinski definition) is 5. The van der Waals surface area contributed by atoms with Crippen LogP contribution in [0.2, 0.25) is 0 Å². The first kappa shape index (κ1) is 23.3. The van der Waals surface area contributed by atoms with Gasteiger partial charge in [-0.3, -0.25) is 19.2 Å². The predicted molar refractivity (Wildman–Crippen MR) is 112 cm³/mol. The summed E-state index contributed by atoms with van der Waals surface area (Å²) in [6, 6.07) is 10.0. The number of carbonyl (C=O) groups excluding carboxylic acids is 1. The molecule has 30 heavy (non-hydrogen) atoms. The summed E-state index contributed by atoms with van der Waals surface area (Å²) in [5.41, 5.74) is 1.49. The van der Waals surface area contributed by atoms with E-state index in [4.69, 9.17) is 0 Å². The van der Waals surface area contributed by atoms with Gasteiger partial charge in [-0.05, 0) is 43.0 Å². The van der Waals surface area contributed by atoms with E-state index in [9.17, 15) is 27.7 Å². The number of nitro benzene ring substituents is 1. The lowest BCUT2D eigenvalue weighted by molar-refractivity contribution is -0.384. The Morgan fingerprint density at radius 2 is 1.87 bits per heavy atom. The lowest BCUT2D eigenvalue weighted by atomic mass is 10.1. The monoisotopic (exact) mass is 437 g/mol. The number of carbonyl (C=O) groups is 1. The van der Waals surface area contributed by atoms with Crippen LogP contribution in [0.3, 0.4) is 0 Å². The Hall–Kier alpha value is -3.01. The van der Waals surface area contributed by atoms with Crippen molar-refractivity contribution in [3.8, 4) is 0 Å². The van der Waals surface area contributed by atoms with E-state index in [0.717, 1.165) is 16.1 Å². The van der Waals surface area contributed by atoms with Gasteiger partial charge in [0.2, 0.25) is 15.9 Å². The van der Waals surface area contributed by atoms with Crippen LogP contribution < -0.4 is 9.62 Å². The van der Waals surface area contributed by atoms with Gasteiger partial charge in [0.05, 0.1) is 16.9 Å². The normalized spacial score (nSPS) is 11.2. The van der Waals surface area contributed by atoms with E-state index in [1.54, 1.807) is 19.1 Å². The first-order valence-corrected chi connectivity index (χ1v) is 11.2. The summed E-state index contributed by atoms with van der Waals surface area (Å²) >= 11 is 0. The van der Waals surface area contributed by atoms with Crippen molar-refractivity contribution in [3.05, 3.63) is 69.5 Å². The number of rotatable bonds is 10. The molecule has 0 atom stereocenters. The number of aryl methyl sites for hydroxylation is 1. The molecular weight excluding hydrogens is 413 g/mol. The minimum absolute atomic E-state index is 0.0201. The minimum Gasteiger partial charge on any atom is -0.356 e. The van der Waals surface area contributed by atoms with Gasteiger partial charge in [0.15, 0.2) is 0 Å². The average Bonchev–Trinajstić information content (AvgIpc) is 2.66. The smallest absolute Gasteiger partial charge is 0.271 e. The number of benzene rings is 2. The van der Waals surface area contributed by atoms with Crippen LogP contribution in [0, 0.1) is 22.9 Å². The second-order valence-corrected chi connectivity index (χ2v) is 8.80. The molecule has 0 aliphatic rings. The summed E-state index contributed by atoms with van der Waals surface area (Å²) in [6.07, 6.45) is 1.92. The van der Waals surface area contributed by atoms with Gasteiger partial charge >= 0.3 is 0 Å². The number of amides is 1. The third kappa shape index (κ3) is 6.80. The quantitative estimate of drug-likeness (QED) is 0.454. The fraction of sp³-hybridized carbons (Fsp3) is 0.350. The summed E-state index contributed by atoms with van der Waals surface area (Å²) in [7, 11) is -3.69. The van der Waals surface area contributed by atoms with Gasteiger partial charge < -0.3 is 5.32 Å². The van der Waals surface area contributed by atoms with E-state index in [0.29, 0.717) is 18.5 Å². The number of nitrogens with one attached hydrogen (secondary N) is 1. The molecule has 0 bridgehead atoms. The molecule has 0 aliphatic carbocycles. The van der Waals surface area contributed by atoms with Gasteiger partial charge in [-0.15, -0.1) is 0 Å². The Kier molecular flexibility index (Phi) is 7.87. The molecule has 0 aliphatic heterocycles. The topological polar surface area (TPSA) is 110 Å². The fourth-order valence-corrected chi connectivity index (χ4v) is 3.93. The molecule has 0 saturated carbocycles. The van der Waals surface area contributed by atoms with E-state index in [1.165, 1.54) is 30.3 Å². The van der Waals surface area contributed by atoms with Crippen molar-refractivity contribution in [1.29, 1.82) is 0 Å². The Morgan fingerprint density at radius 3 is 2.47 bits per heavy atom. The lowest BCUT2D eigenvalue weighted by Gasteiger charge is -2.24. The number of nitrogens with zero attached hydrogens (tertiary/aromatic N) is 2. The van der Waals surface area contributed by atoms with Gasteiger partial charge in [0.25, 0.3) is 5.69 Å². The maximum absolute atomic E-state index is 12.9. The molecule has 0 heterocycles. The lowest BCUT2D eigenvalue weighted by Crippen LogP contribution is -2.33. The van der Waals surface area contributed by atoms with Crippen LogP contribution in [-0.2, 0) is 21.2 Å². The molecule has 0 spiro atoms. The number of anilines is 1. The molecule has 162 valence electrons. The molecule has 0 radical (unpaired) electrons. The van der Waals surface area contributed by atoms with Crippen LogP contribution in [-0.4, -0.2) is 38.6 Å². The maximum Gasteiger partial charge on any atom is 0.271 e. The van der Waals surface area contributed by atoms with Gasteiger partial charge in [0.1, 0.15) is 5.82 Å². The molecule has 0 saturated heterocycles. The molecule has 2 rings (SSSR count). The van der Waals surface area contributed by atoms with Crippen molar-refractivity contribution in [3.63, 3.8) is 0 Å². The van der Waals surface area contributed by atoms with Crippen LogP contribution in [0.25, 0.3) is 0 Å². The number of hydrogen-bond donors (Lipinski definition) is 1. The maximum atomic E-state index is 12.9. The highest BCUT2D eigenvalue weighted by atomic mass is 32.2. The molecule has 0 unspecified atom stereocenters. The first-order chi connectivity index (χ1) is 14.1. The summed E-state index contributed by atoms with van der Waals surface area (Å²) in [6.45, 7) is 2.07. The minimum atomic E-state index is -3.69. The highest BCUT2D eigenvalue weighted by molar-refractivity contribution is 7.92. The van der Waals surface area contributed by atoms with Gasteiger partial charge in [0, 0.05) is 31.6 Å². The van der Waals surface area contributed by atoms with E-state index >= 15 is 0 Å². The van der Waals surface area contributed by atoms with Gasteiger partial charge in [-0.25, -0.2) is 12.8 Å². The molecule has 1 amide bonds. The van der Waals surface area contributed by atoms with Gasteiger partial charge in [-0.2, -0.15) is 0 Å². The zero-order chi connectivity index (χ0) is 22.3. The van der Waals surface area contributed by atoms with Crippen LogP contribution in [0.4, 0.5) is 15.8 Å². The molecule has 2 aromatic carbocycles. The van der Waals surface area contributed by atoms with E-state index in [1.807, 2.05) is 0 Å². The van der Waals surface area contributed by atoms with Crippen LogP contribution in [0.1, 0.15) is 24.0 Å². The molecule has 10 heteroatoms. The van der Waals surface area contributed by atoms with Crippen molar-refractivity contribution >= 4 is 27.3 Å². The number of nitro groups is 1. The average molecular weight is 437 g/mol. The summed E-state index contributed by atoms with van der Waals surface area (Å²) < 4.78 is 38.4. The number of non-ortho nitro benzene ring substituents is 1. The largest absolute Gasteiger partial charge is 0.356 e. The number of sulfonamides is 1. The van der Waals surface area contributed by atoms with E-state index in [2.05, 4.69) is 5.32 Å². The second-order valence-electron chi connectivity index (χ2n) is 6.89. The molecule has 8 nitrogen and oxygen atoms in total. The van der Waals surface area contributed by atoms with Crippen molar-refractivity contribution in [2.24, 2.45) is 0 Å². The van der Waals surface area contributed by atoms with Gasteiger partial charge in [-0.1, -0.05) is 18.2 Å². The molecule has 0 fully saturated rings. The summed E-state index contributed by atoms with van der Waals surface area (Å²) in [5.74, 6) is -0.557. The molecule has 1 N–H and O–H groups in total. The highest BCUT2D eigenvalue weighted by Crippen LogP contribution is 2.27. The molecule has 2 aromatic rings. The predicted octanol–water partition coefficient (Wildman–Crippen LogP) is 2.95. The summed E-state index contributed by atoms with van der Waals surface area (Å²) in [4.78, 5) is 22.5. The Morgan fingerprint density at radius 1 is 1.20 bits per heavy atom.